The van der Waals surface area contributed by atoms with E-state index in [1.165, 1.54) is 29.3 Å². The van der Waals surface area contributed by atoms with Crippen molar-refractivity contribution in [1.82, 2.24) is 0 Å². The van der Waals surface area contributed by atoms with Crippen molar-refractivity contribution in [2.75, 3.05) is 10.2 Å². The Bertz CT molecular complexity index is 922. The molecule has 1 atom stereocenters. The molecule has 0 spiro atoms. The number of carbonyl (C=O) groups excluding carboxylic acids is 2. The molecule has 1 saturated heterocycles. The maximum Gasteiger partial charge on any atom is 0.335 e. The molecule has 2 aromatic carbocycles. The van der Waals surface area contributed by atoms with Gasteiger partial charge in [-0.2, -0.15) is 0 Å². The highest BCUT2D eigenvalue weighted by molar-refractivity contribution is 6.23. The molecule has 2 amide bonds. The molecule has 0 radical (unpaired) electrons. The minimum absolute atomic E-state index is 0.0399. The van der Waals surface area contributed by atoms with Gasteiger partial charge < -0.3 is 10.4 Å². The molecule has 6 nitrogen and oxygen atoms in total. The molecule has 26 heavy (non-hydrogen) atoms. The molecule has 1 fully saturated rings. The molecule has 2 aliphatic rings. The molecule has 1 heterocycles. The van der Waals surface area contributed by atoms with Crippen LogP contribution in [-0.2, 0) is 22.4 Å². The first kappa shape index (κ1) is 16.3. The van der Waals surface area contributed by atoms with Crippen LogP contribution in [0.4, 0.5) is 11.4 Å². The van der Waals surface area contributed by atoms with Crippen molar-refractivity contribution in [3.63, 3.8) is 0 Å². The predicted molar refractivity (Wildman–Crippen MR) is 96.4 cm³/mol. The Morgan fingerprint density at radius 2 is 1.88 bits per heavy atom. The fourth-order valence-electron chi connectivity index (χ4n) is 3.66. The number of aryl methyl sites for hydroxylation is 2. The van der Waals surface area contributed by atoms with Gasteiger partial charge in [0.25, 0.3) is 5.91 Å². The first-order valence-corrected chi connectivity index (χ1v) is 8.61. The molecule has 0 unspecified atom stereocenters. The summed E-state index contributed by atoms with van der Waals surface area (Å²) in [5, 5.41) is 12.3. The summed E-state index contributed by atoms with van der Waals surface area (Å²) < 4.78 is 0. The second kappa shape index (κ2) is 6.29. The first-order chi connectivity index (χ1) is 12.5. The molecule has 0 aromatic heterocycles. The van der Waals surface area contributed by atoms with Gasteiger partial charge in [-0.3, -0.25) is 9.59 Å². The Morgan fingerprint density at radius 3 is 2.69 bits per heavy atom. The van der Waals surface area contributed by atoms with Crippen LogP contribution in [-0.4, -0.2) is 28.9 Å². The summed E-state index contributed by atoms with van der Waals surface area (Å²) >= 11 is 0. The number of benzene rings is 2. The Kier molecular flexibility index (Phi) is 3.95. The number of amides is 2. The van der Waals surface area contributed by atoms with E-state index >= 15 is 0 Å². The van der Waals surface area contributed by atoms with Gasteiger partial charge in [-0.1, -0.05) is 12.1 Å². The number of imide groups is 1. The van der Waals surface area contributed by atoms with Crippen molar-refractivity contribution in [3.05, 3.63) is 59.2 Å². The highest BCUT2D eigenvalue weighted by atomic mass is 16.4. The van der Waals surface area contributed by atoms with Gasteiger partial charge in [0.2, 0.25) is 5.91 Å². The van der Waals surface area contributed by atoms with Gasteiger partial charge in [-0.05, 0) is 60.7 Å². The molecular formula is C20H18N2O4. The van der Waals surface area contributed by atoms with E-state index in [0.29, 0.717) is 0 Å². The standard InChI is InChI=1S/C20H18N2O4/c23-18-11-17(21-15-8-7-12-3-1-4-13(12)9-15)19(24)22(18)16-6-2-5-14(10-16)20(25)26/h2,5-10,17,21H,1,3-4,11H2,(H,25,26)/t17-/m0/s1. The van der Waals surface area contributed by atoms with Crippen LogP contribution in [0.5, 0.6) is 0 Å². The van der Waals surface area contributed by atoms with Crippen LogP contribution in [0.1, 0.15) is 34.3 Å². The van der Waals surface area contributed by atoms with E-state index in [9.17, 15) is 14.4 Å². The molecule has 0 bridgehead atoms. The van der Waals surface area contributed by atoms with E-state index in [1.807, 2.05) is 12.1 Å². The van der Waals surface area contributed by atoms with Gasteiger partial charge >= 0.3 is 5.97 Å². The van der Waals surface area contributed by atoms with Gasteiger partial charge in [0, 0.05) is 5.69 Å². The molecular weight excluding hydrogens is 332 g/mol. The second-order valence-electron chi connectivity index (χ2n) is 6.66. The molecule has 2 N–H and O–H groups in total. The molecule has 4 rings (SSSR count). The van der Waals surface area contributed by atoms with Crippen molar-refractivity contribution in [2.45, 2.75) is 31.7 Å². The number of carboxylic acid groups (broad SMARTS) is 1. The van der Waals surface area contributed by atoms with E-state index in [2.05, 4.69) is 11.4 Å². The molecule has 6 heteroatoms. The van der Waals surface area contributed by atoms with Gasteiger partial charge in [0.15, 0.2) is 0 Å². The Labute approximate surface area is 150 Å². The first-order valence-electron chi connectivity index (χ1n) is 8.61. The smallest absolute Gasteiger partial charge is 0.335 e. The fraction of sp³-hybridized carbons (Fsp3) is 0.250. The summed E-state index contributed by atoms with van der Waals surface area (Å²) in [4.78, 5) is 37.3. The lowest BCUT2D eigenvalue weighted by molar-refractivity contribution is -0.121. The van der Waals surface area contributed by atoms with Gasteiger partial charge in [-0.15, -0.1) is 0 Å². The quantitative estimate of drug-likeness (QED) is 0.828. The SMILES string of the molecule is O=C(O)c1cccc(N2C(=O)C[C@H](Nc3ccc4c(c3)CCC4)C2=O)c1. The van der Waals surface area contributed by atoms with Crippen molar-refractivity contribution in [3.8, 4) is 0 Å². The molecule has 1 aliphatic carbocycles. The molecule has 0 saturated carbocycles. The third-order valence-corrected chi connectivity index (χ3v) is 4.94. The third-order valence-electron chi connectivity index (χ3n) is 4.94. The summed E-state index contributed by atoms with van der Waals surface area (Å²) in [6.07, 6.45) is 3.32. The number of anilines is 2. The fourth-order valence-corrected chi connectivity index (χ4v) is 3.66. The number of carboxylic acids is 1. The van der Waals surface area contributed by atoms with Crippen molar-refractivity contribution in [2.24, 2.45) is 0 Å². The summed E-state index contributed by atoms with van der Waals surface area (Å²) in [5.41, 5.74) is 3.79. The highest BCUT2D eigenvalue weighted by Crippen LogP contribution is 2.28. The number of aromatic carboxylic acids is 1. The largest absolute Gasteiger partial charge is 0.478 e. The van der Waals surface area contributed by atoms with Crippen LogP contribution >= 0.6 is 0 Å². The van der Waals surface area contributed by atoms with E-state index in [1.54, 1.807) is 6.07 Å². The predicted octanol–water partition coefficient (Wildman–Crippen LogP) is 2.62. The minimum atomic E-state index is -1.10. The number of carbonyl (C=O) groups is 3. The van der Waals surface area contributed by atoms with Crippen LogP contribution in [0.3, 0.4) is 0 Å². The Balaban J connectivity index is 1.56. The maximum absolute atomic E-state index is 12.7. The normalized spacial score (nSPS) is 18.9. The van der Waals surface area contributed by atoms with E-state index < -0.39 is 12.0 Å². The van der Waals surface area contributed by atoms with Crippen LogP contribution in [0.25, 0.3) is 0 Å². The zero-order valence-electron chi connectivity index (χ0n) is 14.1. The van der Waals surface area contributed by atoms with Crippen molar-refractivity contribution >= 4 is 29.2 Å². The third kappa shape index (κ3) is 2.83. The summed E-state index contributed by atoms with van der Waals surface area (Å²) in [5.74, 6) is -1.80. The van der Waals surface area contributed by atoms with Crippen LogP contribution < -0.4 is 10.2 Å². The van der Waals surface area contributed by atoms with Gasteiger partial charge in [-0.25, -0.2) is 9.69 Å². The summed E-state index contributed by atoms with van der Waals surface area (Å²) in [7, 11) is 0. The number of nitrogens with one attached hydrogen (secondary N) is 1. The van der Waals surface area contributed by atoms with Crippen LogP contribution in [0, 0.1) is 0 Å². The number of hydrogen-bond acceptors (Lipinski definition) is 4. The summed E-state index contributed by atoms with van der Waals surface area (Å²) in [6.45, 7) is 0. The van der Waals surface area contributed by atoms with Crippen LogP contribution in [0.2, 0.25) is 0 Å². The highest BCUT2D eigenvalue weighted by Gasteiger charge is 2.39. The van der Waals surface area contributed by atoms with E-state index in [4.69, 9.17) is 5.11 Å². The molecule has 1 aliphatic heterocycles. The number of fused-ring (bicyclic) bond motifs is 1. The Morgan fingerprint density at radius 1 is 1.08 bits per heavy atom. The average molecular weight is 350 g/mol. The second-order valence-corrected chi connectivity index (χ2v) is 6.66. The average Bonchev–Trinajstić information content (AvgIpc) is 3.19. The lowest BCUT2D eigenvalue weighted by Gasteiger charge is -2.17. The van der Waals surface area contributed by atoms with Crippen molar-refractivity contribution < 1.29 is 19.5 Å². The zero-order chi connectivity index (χ0) is 18.3. The monoisotopic (exact) mass is 350 g/mol. The number of rotatable bonds is 4. The molecule has 2 aromatic rings. The van der Waals surface area contributed by atoms with Gasteiger partial charge in [0.1, 0.15) is 6.04 Å². The van der Waals surface area contributed by atoms with Gasteiger partial charge in [0.05, 0.1) is 17.7 Å². The lowest BCUT2D eigenvalue weighted by Crippen LogP contribution is -2.34. The Hall–Kier alpha value is -3.15. The molecule has 132 valence electrons. The maximum atomic E-state index is 12.7. The number of hydrogen-bond donors (Lipinski definition) is 2. The zero-order valence-corrected chi connectivity index (χ0v) is 14.1. The topological polar surface area (TPSA) is 86.7 Å². The minimum Gasteiger partial charge on any atom is -0.478 e. The summed E-state index contributed by atoms with van der Waals surface area (Å²) in [6, 6.07) is 11.3. The van der Waals surface area contributed by atoms with Crippen molar-refractivity contribution in [1.29, 1.82) is 0 Å². The lowest BCUT2D eigenvalue weighted by atomic mass is 10.1. The van der Waals surface area contributed by atoms with Crippen LogP contribution in [0.15, 0.2) is 42.5 Å². The van der Waals surface area contributed by atoms with E-state index in [0.717, 1.165) is 29.8 Å². The van der Waals surface area contributed by atoms with E-state index in [-0.39, 0.29) is 29.5 Å². The number of nitrogens with zero attached hydrogens (tertiary/aromatic N) is 1.